The Morgan fingerprint density at radius 2 is 1.09 bits per heavy atom. The van der Waals surface area contributed by atoms with Gasteiger partial charge in [0.1, 0.15) is 23.8 Å². The quantitative estimate of drug-likeness (QED) is 0.189. The number of aliphatic imine (C=N–C) groups is 1. The van der Waals surface area contributed by atoms with Gasteiger partial charge < -0.3 is 9.88 Å². The van der Waals surface area contributed by atoms with Crippen LogP contribution in [0, 0.1) is 0 Å². The van der Waals surface area contributed by atoms with Crippen molar-refractivity contribution >= 4 is 60.2 Å². The summed E-state index contributed by atoms with van der Waals surface area (Å²) < 4.78 is 4.68. The van der Waals surface area contributed by atoms with E-state index in [1.807, 2.05) is 6.07 Å². The maximum Gasteiger partial charge on any atom is 0.150 e. The lowest BCUT2D eigenvalue weighted by atomic mass is 10.0. The van der Waals surface area contributed by atoms with Crippen molar-refractivity contribution in [3.63, 3.8) is 0 Å². The number of fused-ring (bicyclic) bond motifs is 7. The molecule has 0 amide bonds. The Morgan fingerprint density at radius 3 is 1.87 bits per heavy atom. The fourth-order valence-corrected chi connectivity index (χ4v) is 8.27. The first-order chi connectivity index (χ1) is 26.8. The van der Waals surface area contributed by atoms with Crippen molar-refractivity contribution in [2.75, 3.05) is 0 Å². The molecule has 1 aliphatic heterocycles. The Kier molecular flexibility index (Phi) is 6.97. The second-order valence-corrected chi connectivity index (χ2v) is 13.9. The van der Waals surface area contributed by atoms with Crippen molar-refractivity contribution in [2.45, 2.75) is 12.3 Å². The Hall–Kier alpha value is -7.02. The zero-order valence-corrected chi connectivity index (χ0v) is 29.3. The van der Waals surface area contributed by atoms with Gasteiger partial charge in [0.15, 0.2) is 5.84 Å². The highest BCUT2D eigenvalue weighted by atomic mass is 15.3. The molecule has 4 heterocycles. The molecular weight excluding hydrogens is 661 g/mol. The summed E-state index contributed by atoms with van der Waals surface area (Å²) in [6.07, 6.45) is -0.440. The van der Waals surface area contributed by atoms with Crippen LogP contribution in [0.3, 0.4) is 0 Å². The Bertz CT molecular complexity index is 3070. The number of aromatic nitrogens is 3. The van der Waals surface area contributed by atoms with Gasteiger partial charge in [-0.2, -0.15) is 0 Å². The van der Waals surface area contributed by atoms with E-state index in [4.69, 9.17) is 9.98 Å². The third-order valence-electron chi connectivity index (χ3n) is 10.8. The van der Waals surface area contributed by atoms with Gasteiger partial charge >= 0.3 is 0 Å². The molecule has 0 saturated heterocycles. The molecule has 0 fully saturated rings. The van der Waals surface area contributed by atoms with Gasteiger partial charge in [-0.05, 0) is 76.5 Å². The topological polar surface area (TPSA) is 59.2 Å². The summed E-state index contributed by atoms with van der Waals surface area (Å²) in [6.45, 7) is 0. The van der Waals surface area contributed by atoms with Gasteiger partial charge in [0.05, 0.1) is 22.1 Å². The minimum absolute atomic E-state index is 0.165. The molecule has 0 bridgehead atoms. The SMILES string of the molecule is c1ccc(C2NC(c3cccc(-n4c5ccccc5c5cc6c7ccccc7n(-c7ccccc7)c6cc54)n3)=NC(c3ccc4ccccc4c3)N2)cc1. The van der Waals surface area contributed by atoms with E-state index >= 15 is 0 Å². The maximum absolute atomic E-state index is 5.38. The molecule has 2 N–H and O–H groups in total. The largest absolute Gasteiger partial charge is 0.349 e. The predicted molar refractivity (Wildman–Crippen MR) is 222 cm³/mol. The number of pyridine rings is 1. The average Bonchev–Trinajstić information content (AvgIpc) is 3.75. The Morgan fingerprint density at radius 1 is 0.444 bits per heavy atom. The molecule has 1 aliphatic rings. The molecule has 3 aromatic heterocycles. The second-order valence-electron chi connectivity index (χ2n) is 13.9. The molecule has 0 saturated carbocycles. The van der Waals surface area contributed by atoms with Gasteiger partial charge in [-0.15, -0.1) is 0 Å². The Balaban J connectivity index is 1.10. The summed E-state index contributed by atoms with van der Waals surface area (Å²) in [4.78, 5) is 10.7. The number of rotatable bonds is 5. The van der Waals surface area contributed by atoms with Crippen LogP contribution in [0.15, 0.2) is 187 Å². The molecule has 0 radical (unpaired) electrons. The molecule has 0 spiro atoms. The second kappa shape index (κ2) is 12.3. The number of amidine groups is 1. The fourth-order valence-electron chi connectivity index (χ4n) is 8.27. The van der Waals surface area contributed by atoms with Gasteiger partial charge in [-0.1, -0.05) is 127 Å². The molecule has 2 unspecified atom stereocenters. The molecule has 7 aromatic carbocycles. The molecule has 2 atom stereocenters. The van der Waals surface area contributed by atoms with Crippen LogP contribution in [0.4, 0.5) is 0 Å². The molecule has 54 heavy (non-hydrogen) atoms. The van der Waals surface area contributed by atoms with E-state index in [0.717, 1.165) is 50.7 Å². The first kappa shape index (κ1) is 30.6. The third-order valence-corrected chi connectivity index (χ3v) is 10.8. The number of hydrogen-bond acceptors (Lipinski definition) is 4. The summed E-state index contributed by atoms with van der Waals surface area (Å²) in [7, 11) is 0. The van der Waals surface area contributed by atoms with Crippen LogP contribution in [0.25, 0.3) is 65.9 Å². The predicted octanol–water partition coefficient (Wildman–Crippen LogP) is 10.8. The van der Waals surface area contributed by atoms with E-state index in [9.17, 15) is 0 Å². The number of benzene rings is 7. The summed E-state index contributed by atoms with van der Waals surface area (Å²) in [5, 5.41) is 14.7. The van der Waals surface area contributed by atoms with Gasteiger partial charge in [0, 0.05) is 27.2 Å². The van der Waals surface area contributed by atoms with Crippen molar-refractivity contribution in [2.24, 2.45) is 4.99 Å². The lowest BCUT2D eigenvalue weighted by Gasteiger charge is -2.32. The van der Waals surface area contributed by atoms with Crippen LogP contribution in [0.2, 0.25) is 0 Å². The van der Waals surface area contributed by atoms with Crippen molar-refractivity contribution in [3.8, 4) is 11.5 Å². The smallest absolute Gasteiger partial charge is 0.150 e. The summed E-state index contributed by atoms with van der Waals surface area (Å²) in [5.74, 6) is 1.58. The standard InChI is InChI=1S/C48H34N6/c1-3-15-32(16-4-1)46-50-47(34-27-26-31-14-7-8-17-33(31)28-34)52-48(51-46)40-22-13-25-45(49-40)54-42-24-12-10-21-37(42)39-29-38-36-20-9-11-23-41(36)53(43(38)30-44(39)54)35-18-5-2-6-19-35/h1-30,46-47,50H,(H,51,52). The zero-order chi connectivity index (χ0) is 35.6. The first-order valence-electron chi connectivity index (χ1n) is 18.4. The van der Waals surface area contributed by atoms with Crippen molar-refractivity contribution in [3.05, 3.63) is 199 Å². The molecule has 0 aliphatic carbocycles. The Labute approximate surface area is 311 Å². The summed E-state index contributed by atoms with van der Waals surface area (Å²) in [5.41, 5.74) is 8.70. The van der Waals surface area contributed by atoms with E-state index in [1.54, 1.807) is 0 Å². The summed E-state index contributed by atoms with van der Waals surface area (Å²) in [6, 6.07) is 64.4. The lowest BCUT2D eigenvalue weighted by Crippen LogP contribution is -2.45. The van der Waals surface area contributed by atoms with Crippen LogP contribution >= 0.6 is 0 Å². The van der Waals surface area contributed by atoms with Crippen LogP contribution in [0.5, 0.6) is 0 Å². The number of para-hydroxylation sites is 3. The van der Waals surface area contributed by atoms with Gasteiger partial charge in [0.2, 0.25) is 0 Å². The van der Waals surface area contributed by atoms with Crippen molar-refractivity contribution in [1.82, 2.24) is 24.8 Å². The van der Waals surface area contributed by atoms with Crippen LogP contribution < -0.4 is 10.6 Å². The van der Waals surface area contributed by atoms with Crippen molar-refractivity contribution < 1.29 is 0 Å². The lowest BCUT2D eigenvalue weighted by molar-refractivity contribution is 0.408. The molecule has 256 valence electrons. The van der Waals surface area contributed by atoms with E-state index in [-0.39, 0.29) is 12.3 Å². The van der Waals surface area contributed by atoms with Crippen LogP contribution in [-0.4, -0.2) is 20.0 Å². The maximum atomic E-state index is 5.38. The normalized spacial score (nSPS) is 16.0. The minimum atomic E-state index is -0.275. The van der Waals surface area contributed by atoms with Crippen molar-refractivity contribution in [1.29, 1.82) is 0 Å². The fraction of sp³-hybridized carbons (Fsp3) is 0.0417. The highest BCUT2D eigenvalue weighted by molar-refractivity contribution is 6.19. The first-order valence-corrected chi connectivity index (χ1v) is 18.4. The summed E-state index contributed by atoms with van der Waals surface area (Å²) >= 11 is 0. The van der Waals surface area contributed by atoms with E-state index in [2.05, 4.69) is 196 Å². The van der Waals surface area contributed by atoms with E-state index in [1.165, 1.54) is 37.8 Å². The molecule has 11 rings (SSSR count). The number of hydrogen-bond donors (Lipinski definition) is 2. The minimum Gasteiger partial charge on any atom is -0.349 e. The van der Waals surface area contributed by atoms with E-state index in [0.29, 0.717) is 0 Å². The van der Waals surface area contributed by atoms with Gasteiger partial charge in [-0.25, -0.2) is 9.98 Å². The highest BCUT2D eigenvalue weighted by Crippen LogP contribution is 2.39. The molecule has 6 heteroatoms. The molecule has 6 nitrogen and oxygen atoms in total. The third kappa shape index (κ3) is 4.92. The molecular formula is C48H34N6. The molecule has 10 aromatic rings. The van der Waals surface area contributed by atoms with Crippen LogP contribution in [-0.2, 0) is 0 Å². The van der Waals surface area contributed by atoms with E-state index < -0.39 is 0 Å². The highest BCUT2D eigenvalue weighted by Gasteiger charge is 2.27. The average molecular weight is 695 g/mol. The number of nitrogens with zero attached hydrogens (tertiary/aromatic N) is 4. The zero-order valence-electron chi connectivity index (χ0n) is 29.3. The van der Waals surface area contributed by atoms with Gasteiger partial charge in [0.25, 0.3) is 0 Å². The monoisotopic (exact) mass is 694 g/mol. The van der Waals surface area contributed by atoms with Gasteiger partial charge in [-0.3, -0.25) is 9.88 Å². The van der Waals surface area contributed by atoms with Crippen LogP contribution in [0.1, 0.15) is 29.2 Å². The number of nitrogens with one attached hydrogen (secondary N) is 2.